The molecule has 3 heterocycles. The first-order valence-electron chi connectivity index (χ1n) is 9.71. The van der Waals surface area contributed by atoms with Crippen LogP contribution in [0, 0.1) is 12.7 Å². The highest BCUT2D eigenvalue weighted by Gasteiger charge is 2.22. The van der Waals surface area contributed by atoms with E-state index in [9.17, 15) is 4.79 Å². The van der Waals surface area contributed by atoms with Gasteiger partial charge in [-0.3, -0.25) is 14.9 Å². The number of hydrogen-bond donors (Lipinski definition) is 2. The lowest BCUT2D eigenvalue weighted by Crippen LogP contribution is -2.02. The van der Waals surface area contributed by atoms with E-state index in [1.54, 1.807) is 36.1 Å². The summed E-state index contributed by atoms with van der Waals surface area (Å²) in [5, 5.41) is 10.4. The molecule has 1 aliphatic carbocycles. The van der Waals surface area contributed by atoms with E-state index in [1.807, 2.05) is 13.8 Å². The largest absolute Gasteiger partial charge is 0.312 e. The van der Waals surface area contributed by atoms with Crippen molar-refractivity contribution in [3.8, 4) is 11.3 Å². The summed E-state index contributed by atoms with van der Waals surface area (Å²) < 4.78 is 16.8. The molecule has 2 N–H and O–H groups in total. The molecular weight excluding hydrogens is 371 g/mol. The van der Waals surface area contributed by atoms with Crippen molar-refractivity contribution < 1.29 is 9.18 Å². The average Bonchev–Trinajstić information content (AvgIpc) is 3.41. The van der Waals surface area contributed by atoms with Crippen LogP contribution in [0.4, 0.5) is 10.2 Å². The Morgan fingerprint density at radius 2 is 2.00 bits per heavy atom. The monoisotopic (exact) mass is 394 g/mol. The zero-order valence-electron chi connectivity index (χ0n) is 16.7. The molecule has 5 rings (SSSR count). The Balaban J connectivity index is 0.000000626. The third-order valence-corrected chi connectivity index (χ3v) is 4.85. The molecule has 4 aromatic rings. The Morgan fingerprint density at radius 3 is 2.66 bits per heavy atom. The standard InChI is InChI=1S/C18H17FN6O.C3H6/c1-9(2)15-17(19)10(3)16(11-4-22-24-18(11)15)12-6-25-7-13(21-8-26)23-14(25)5-20-12;1-2-3-1/h4-9H,1-3H3,(H,21,26)(H,22,24);1-3H2. The molecule has 1 saturated carbocycles. The normalized spacial score (nSPS) is 12.9. The van der Waals surface area contributed by atoms with Crippen LogP contribution >= 0.6 is 0 Å². The van der Waals surface area contributed by atoms with Crippen LogP contribution in [0.1, 0.15) is 50.2 Å². The number of halogens is 1. The number of rotatable bonds is 4. The molecule has 0 spiro atoms. The van der Waals surface area contributed by atoms with Crippen molar-refractivity contribution in [3.05, 3.63) is 41.7 Å². The third kappa shape index (κ3) is 3.57. The highest BCUT2D eigenvalue weighted by molar-refractivity contribution is 5.97. The van der Waals surface area contributed by atoms with E-state index in [0.717, 1.165) is 5.39 Å². The lowest BCUT2D eigenvalue weighted by atomic mass is 9.92. The predicted molar refractivity (Wildman–Crippen MR) is 110 cm³/mol. The number of H-pyrrole nitrogens is 1. The van der Waals surface area contributed by atoms with E-state index >= 15 is 4.39 Å². The van der Waals surface area contributed by atoms with Gasteiger partial charge in [0.05, 0.1) is 29.8 Å². The van der Waals surface area contributed by atoms with Gasteiger partial charge in [0, 0.05) is 22.7 Å². The number of benzene rings is 1. The zero-order chi connectivity index (χ0) is 20.5. The van der Waals surface area contributed by atoms with Crippen molar-refractivity contribution in [1.82, 2.24) is 24.6 Å². The number of anilines is 1. The SMILES string of the molecule is C1CC1.Cc1c(F)c(C(C)C)c2[nH]ncc2c1-c1cn2cc(NC=O)nc2cn1. The van der Waals surface area contributed by atoms with Gasteiger partial charge in [0.15, 0.2) is 11.5 Å². The maximum atomic E-state index is 15.1. The average molecular weight is 394 g/mol. The Bertz CT molecular complexity index is 1190. The number of imidazole rings is 1. The van der Waals surface area contributed by atoms with Crippen molar-refractivity contribution in [1.29, 1.82) is 0 Å². The smallest absolute Gasteiger partial charge is 0.212 e. The number of aromatic amines is 1. The second-order valence-corrected chi connectivity index (χ2v) is 7.53. The molecule has 0 radical (unpaired) electrons. The number of nitrogens with one attached hydrogen (secondary N) is 2. The van der Waals surface area contributed by atoms with E-state index in [0.29, 0.717) is 45.8 Å². The molecule has 7 nitrogen and oxygen atoms in total. The first-order chi connectivity index (χ1) is 14.0. The lowest BCUT2D eigenvalue weighted by Gasteiger charge is -2.15. The zero-order valence-corrected chi connectivity index (χ0v) is 16.7. The lowest BCUT2D eigenvalue weighted by molar-refractivity contribution is -0.105. The molecule has 1 fully saturated rings. The minimum absolute atomic E-state index is 0.0201. The van der Waals surface area contributed by atoms with Crippen molar-refractivity contribution in [2.75, 3.05) is 5.32 Å². The Hall–Kier alpha value is -3.29. The van der Waals surface area contributed by atoms with Gasteiger partial charge in [0.2, 0.25) is 6.41 Å². The first kappa shape index (κ1) is 19.0. The highest BCUT2D eigenvalue weighted by Crippen LogP contribution is 2.37. The molecule has 0 unspecified atom stereocenters. The summed E-state index contributed by atoms with van der Waals surface area (Å²) >= 11 is 0. The van der Waals surface area contributed by atoms with Crippen molar-refractivity contribution >= 4 is 28.8 Å². The minimum atomic E-state index is -0.248. The van der Waals surface area contributed by atoms with Crippen LogP contribution in [0.3, 0.4) is 0 Å². The Labute approximate surface area is 167 Å². The second-order valence-electron chi connectivity index (χ2n) is 7.53. The van der Waals surface area contributed by atoms with Crippen LogP contribution in [-0.4, -0.2) is 31.0 Å². The van der Waals surface area contributed by atoms with Gasteiger partial charge in [-0.25, -0.2) is 9.37 Å². The summed E-state index contributed by atoms with van der Waals surface area (Å²) in [6.07, 6.45) is 11.8. The number of hydrogen-bond acceptors (Lipinski definition) is 4. The van der Waals surface area contributed by atoms with E-state index < -0.39 is 0 Å². The van der Waals surface area contributed by atoms with Crippen molar-refractivity contribution in [2.45, 2.75) is 46.0 Å². The molecule has 1 aliphatic rings. The number of carbonyl (C=O) groups is 1. The van der Waals surface area contributed by atoms with Gasteiger partial charge in [-0.1, -0.05) is 33.1 Å². The molecule has 1 aromatic carbocycles. The van der Waals surface area contributed by atoms with Gasteiger partial charge in [0.1, 0.15) is 5.82 Å². The van der Waals surface area contributed by atoms with Crippen LogP contribution in [-0.2, 0) is 4.79 Å². The van der Waals surface area contributed by atoms with Gasteiger partial charge in [0.25, 0.3) is 0 Å². The fraction of sp³-hybridized carbons (Fsp3) is 0.333. The van der Waals surface area contributed by atoms with Crippen LogP contribution in [0.5, 0.6) is 0 Å². The van der Waals surface area contributed by atoms with E-state index in [4.69, 9.17) is 0 Å². The van der Waals surface area contributed by atoms with Gasteiger partial charge in [-0.15, -0.1) is 0 Å². The fourth-order valence-electron chi connectivity index (χ4n) is 3.33. The molecule has 0 atom stereocenters. The molecule has 0 saturated heterocycles. The molecule has 0 aliphatic heterocycles. The molecular formula is C21H23FN6O. The highest BCUT2D eigenvalue weighted by atomic mass is 19.1. The summed E-state index contributed by atoms with van der Waals surface area (Å²) in [6.45, 7) is 5.66. The molecule has 150 valence electrons. The number of aromatic nitrogens is 5. The quantitative estimate of drug-likeness (QED) is 0.496. The van der Waals surface area contributed by atoms with E-state index in [1.165, 1.54) is 19.3 Å². The summed E-state index contributed by atoms with van der Waals surface area (Å²) in [7, 11) is 0. The summed E-state index contributed by atoms with van der Waals surface area (Å²) in [5.41, 5.74) is 3.72. The molecule has 1 amide bonds. The number of amides is 1. The first-order valence-corrected chi connectivity index (χ1v) is 9.71. The molecule has 29 heavy (non-hydrogen) atoms. The second kappa shape index (κ2) is 7.62. The van der Waals surface area contributed by atoms with Crippen LogP contribution in [0.15, 0.2) is 24.8 Å². The van der Waals surface area contributed by atoms with E-state index in [2.05, 4.69) is 25.5 Å². The number of fused-ring (bicyclic) bond motifs is 2. The molecule has 3 aromatic heterocycles. The van der Waals surface area contributed by atoms with Gasteiger partial charge >= 0.3 is 0 Å². The summed E-state index contributed by atoms with van der Waals surface area (Å²) in [6, 6.07) is 0. The molecule has 0 bridgehead atoms. The van der Waals surface area contributed by atoms with Gasteiger partial charge < -0.3 is 9.72 Å². The maximum absolute atomic E-state index is 15.1. The van der Waals surface area contributed by atoms with Crippen LogP contribution in [0.2, 0.25) is 0 Å². The minimum Gasteiger partial charge on any atom is -0.312 e. The van der Waals surface area contributed by atoms with Crippen molar-refractivity contribution in [3.63, 3.8) is 0 Å². The molecule has 8 heteroatoms. The van der Waals surface area contributed by atoms with Gasteiger partial charge in [-0.05, 0) is 18.4 Å². The van der Waals surface area contributed by atoms with Crippen LogP contribution in [0.25, 0.3) is 27.8 Å². The topological polar surface area (TPSA) is 88.0 Å². The maximum Gasteiger partial charge on any atom is 0.212 e. The Kier molecular flexibility index (Phi) is 5.00. The number of nitrogens with zero attached hydrogens (tertiary/aromatic N) is 4. The van der Waals surface area contributed by atoms with E-state index in [-0.39, 0.29) is 11.7 Å². The third-order valence-electron chi connectivity index (χ3n) is 4.85. The number of carbonyl (C=O) groups excluding carboxylic acids is 1. The Morgan fingerprint density at radius 1 is 1.24 bits per heavy atom. The summed E-state index contributed by atoms with van der Waals surface area (Å²) in [5.74, 6) is 0.194. The predicted octanol–water partition coefficient (Wildman–Crippen LogP) is 4.58. The van der Waals surface area contributed by atoms with Gasteiger partial charge in [-0.2, -0.15) is 5.10 Å². The fourth-order valence-corrected chi connectivity index (χ4v) is 3.33. The van der Waals surface area contributed by atoms with Crippen LogP contribution < -0.4 is 5.32 Å². The summed E-state index contributed by atoms with van der Waals surface area (Å²) in [4.78, 5) is 19.3. The van der Waals surface area contributed by atoms with Crippen molar-refractivity contribution in [2.24, 2.45) is 0 Å².